The Morgan fingerprint density at radius 2 is 1.88 bits per heavy atom. The zero-order valence-electron chi connectivity index (χ0n) is 14.5. The molecule has 25 heavy (non-hydrogen) atoms. The predicted molar refractivity (Wildman–Crippen MR) is 98.3 cm³/mol. The Hall–Kier alpha value is -2.95. The van der Waals surface area contributed by atoms with Gasteiger partial charge < -0.3 is 4.90 Å². The van der Waals surface area contributed by atoms with Crippen LogP contribution < -0.4 is 5.56 Å². The van der Waals surface area contributed by atoms with Crippen LogP contribution in [0, 0.1) is 6.92 Å². The Kier molecular flexibility index (Phi) is 4.93. The number of amides is 1. The van der Waals surface area contributed by atoms with Crippen molar-refractivity contribution < 1.29 is 4.79 Å². The van der Waals surface area contributed by atoms with Crippen molar-refractivity contribution >= 4 is 16.8 Å². The molecule has 3 rings (SSSR count). The first-order chi connectivity index (χ1) is 12.1. The summed E-state index contributed by atoms with van der Waals surface area (Å²) in [7, 11) is 0. The summed E-state index contributed by atoms with van der Waals surface area (Å²) < 4.78 is 1.39. The summed E-state index contributed by atoms with van der Waals surface area (Å²) in [5.41, 5.74) is 2.52. The van der Waals surface area contributed by atoms with Gasteiger partial charge in [-0.25, -0.2) is 4.98 Å². The van der Waals surface area contributed by atoms with E-state index in [1.165, 1.54) is 10.9 Å². The van der Waals surface area contributed by atoms with Crippen molar-refractivity contribution in [3.05, 3.63) is 76.3 Å². The Morgan fingerprint density at radius 1 is 1.12 bits per heavy atom. The van der Waals surface area contributed by atoms with Gasteiger partial charge in [-0.1, -0.05) is 42.5 Å². The van der Waals surface area contributed by atoms with E-state index in [1.807, 2.05) is 56.3 Å². The number of nitrogens with zero attached hydrogens (tertiary/aromatic N) is 3. The maximum atomic E-state index is 12.6. The maximum Gasteiger partial charge on any atom is 0.261 e. The lowest BCUT2D eigenvalue weighted by Crippen LogP contribution is -2.36. The number of fused-ring (bicyclic) bond motifs is 1. The summed E-state index contributed by atoms with van der Waals surface area (Å²) in [5.74, 6) is -0.0951. The quantitative estimate of drug-likeness (QED) is 0.720. The lowest BCUT2D eigenvalue weighted by Gasteiger charge is -2.21. The van der Waals surface area contributed by atoms with Gasteiger partial charge in [0.1, 0.15) is 6.54 Å². The minimum Gasteiger partial charge on any atom is -0.337 e. The summed E-state index contributed by atoms with van der Waals surface area (Å²) in [6.45, 7) is 4.97. The first-order valence-electron chi connectivity index (χ1n) is 8.36. The number of carbonyl (C=O) groups is 1. The topological polar surface area (TPSA) is 55.2 Å². The molecule has 128 valence electrons. The van der Waals surface area contributed by atoms with Crippen LogP contribution >= 0.6 is 0 Å². The molecule has 0 saturated carbocycles. The van der Waals surface area contributed by atoms with Gasteiger partial charge in [0.25, 0.3) is 5.56 Å². The average Bonchev–Trinajstić information content (AvgIpc) is 2.63. The van der Waals surface area contributed by atoms with Crippen molar-refractivity contribution in [1.82, 2.24) is 14.5 Å². The average molecular weight is 335 g/mol. The zero-order chi connectivity index (χ0) is 17.8. The normalized spacial score (nSPS) is 10.8. The molecule has 5 heteroatoms. The van der Waals surface area contributed by atoms with Gasteiger partial charge in [0.15, 0.2) is 0 Å². The van der Waals surface area contributed by atoms with Crippen molar-refractivity contribution in [2.75, 3.05) is 6.54 Å². The van der Waals surface area contributed by atoms with E-state index in [-0.39, 0.29) is 18.0 Å². The van der Waals surface area contributed by atoms with Crippen LogP contribution in [0.3, 0.4) is 0 Å². The van der Waals surface area contributed by atoms with Crippen molar-refractivity contribution in [2.45, 2.75) is 26.9 Å². The highest BCUT2D eigenvalue weighted by Gasteiger charge is 2.15. The van der Waals surface area contributed by atoms with Gasteiger partial charge in [0, 0.05) is 13.1 Å². The molecule has 0 atom stereocenters. The van der Waals surface area contributed by atoms with E-state index in [0.29, 0.717) is 24.0 Å². The fraction of sp³-hybridized carbons (Fsp3) is 0.250. The molecule has 3 aromatic rings. The fourth-order valence-electron chi connectivity index (χ4n) is 2.88. The van der Waals surface area contributed by atoms with E-state index < -0.39 is 0 Å². The van der Waals surface area contributed by atoms with Gasteiger partial charge in [-0.15, -0.1) is 0 Å². The molecule has 0 radical (unpaired) electrons. The number of para-hydroxylation sites is 1. The SMILES string of the molecule is CCN(Cc1ccccc1)C(=O)Cn1cnc2c(C)cccc2c1=O. The van der Waals surface area contributed by atoms with Gasteiger partial charge in [-0.3, -0.25) is 14.2 Å². The van der Waals surface area contributed by atoms with Gasteiger partial charge in [0.05, 0.1) is 17.2 Å². The summed E-state index contributed by atoms with van der Waals surface area (Å²) in [4.78, 5) is 31.4. The number of hydrogen-bond donors (Lipinski definition) is 0. The highest BCUT2D eigenvalue weighted by atomic mass is 16.2. The Bertz CT molecular complexity index is 948. The number of carbonyl (C=O) groups excluding carboxylic acids is 1. The summed E-state index contributed by atoms with van der Waals surface area (Å²) in [6.07, 6.45) is 1.46. The van der Waals surface area contributed by atoms with Crippen LogP contribution in [0.4, 0.5) is 0 Å². The second-order valence-electron chi connectivity index (χ2n) is 6.04. The summed E-state index contributed by atoms with van der Waals surface area (Å²) in [6, 6.07) is 15.3. The van der Waals surface area contributed by atoms with E-state index in [9.17, 15) is 9.59 Å². The minimum absolute atomic E-state index is 0.00358. The molecule has 0 N–H and O–H groups in total. The molecule has 5 nitrogen and oxygen atoms in total. The molecule has 0 saturated heterocycles. The Labute approximate surface area is 146 Å². The predicted octanol–water partition coefficient (Wildman–Crippen LogP) is 2.75. The Balaban J connectivity index is 1.83. The van der Waals surface area contributed by atoms with Crippen molar-refractivity contribution in [3.63, 3.8) is 0 Å². The van der Waals surface area contributed by atoms with Gasteiger partial charge in [-0.05, 0) is 31.0 Å². The second kappa shape index (κ2) is 7.30. The van der Waals surface area contributed by atoms with Crippen LogP contribution in [-0.2, 0) is 17.9 Å². The summed E-state index contributed by atoms with van der Waals surface area (Å²) in [5, 5.41) is 0.543. The van der Waals surface area contributed by atoms with Crippen LogP contribution in [0.15, 0.2) is 59.7 Å². The largest absolute Gasteiger partial charge is 0.337 e. The molecule has 0 unspecified atom stereocenters. The van der Waals surface area contributed by atoms with Crippen LogP contribution in [0.5, 0.6) is 0 Å². The number of aromatic nitrogens is 2. The molecular weight excluding hydrogens is 314 g/mol. The zero-order valence-corrected chi connectivity index (χ0v) is 14.5. The first kappa shape index (κ1) is 16.9. The number of aryl methyl sites for hydroxylation is 1. The molecule has 0 aliphatic heterocycles. The standard InChI is InChI=1S/C20H21N3O2/c1-3-22(12-16-9-5-4-6-10-16)18(24)13-23-14-21-19-15(2)8-7-11-17(19)20(23)25/h4-11,14H,3,12-13H2,1-2H3. The van der Waals surface area contributed by atoms with Gasteiger partial charge >= 0.3 is 0 Å². The number of hydrogen-bond acceptors (Lipinski definition) is 3. The fourth-order valence-corrected chi connectivity index (χ4v) is 2.88. The van der Waals surface area contributed by atoms with E-state index in [0.717, 1.165) is 11.1 Å². The number of likely N-dealkylation sites (N-methyl/N-ethyl adjacent to an activating group) is 1. The molecule has 1 heterocycles. The third kappa shape index (κ3) is 3.60. The molecule has 0 spiro atoms. The lowest BCUT2D eigenvalue weighted by molar-refractivity contribution is -0.132. The smallest absolute Gasteiger partial charge is 0.261 e. The Morgan fingerprint density at radius 3 is 2.60 bits per heavy atom. The molecule has 1 aromatic heterocycles. The van der Waals surface area contributed by atoms with Gasteiger partial charge in [0.2, 0.25) is 5.91 Å². The van der Waals surface area contributed by atoms with Crippen molar-refractivity contribution in [3.8, 4) is 0 Å². The van der Waals surface area contributed by atoms with Gasteiger partial charge in [-0.2, -0.15) is 0 Å². The number of rotatable bonds is 5. The van der Waals surface area contributed by atoms with E-state index in [2.05, 4.69) is 4.98 Å². The summed E-state index contributed by atoms with van der Waals surface area (Å²) >= 11 is 0. The molecule has 0 fully saturated rings. The third-order valence-electron chi connectivity index (χ3n) is 4.31. The van der Waals surface area contributed by atoms with E-state index in [4.69, 9.17) is 0 Å². The minimum atomic E-state index is -0.183. The molecule has 1 amide bonds. The van der Waals surface area contributed by atoms with Crippen LogP contribution in [0.25, 0.3) is 10.9 Å². The molecule has 0 aliphatic rings. The molecular formula is C20H21N3O2. The third-order valence-corrected chi connectivity index (χ3v) is 4.31. The number of benzene rings is 2. The highest BCUT2D eigenvalue weighted by molar-refractivity contribution is 5.81. The van der Waals surface area contributed by atoms with Crippen LogP contribution in [0.2, 0.25) is 0 Å². The van der Waals surface area contributed by atoms with Crippen molar-refractivity contribution in [1.29, 1.82) is 0 Å². The maximum absolute atomic E-state index is 12.6. The van der Waals surface area contributed by atoms with E-state index in [1.54, 1.807) is 11.0 Å². The molecule has 2 aromatic carbocycles. The molecule has 0 aliphatic carbocycles. The first-order valence-corrected chi connectivity index (χ1v) is 8.36. The lowest BCUT2D eigenvalue weighted by atomic mass is 10.1. The molecule has 0 bridgehead atoms. The monoisotopic (exact) mass is 335 g/mol. The van der Waals surface area contributed by atoms with Crippen molar-refractivity contribution in [2.24, 2.45) is 0 Å². The highest BCUT2D eigenvalue weighted by Crippen LogP contribution is 2.11. The second-order valence-corrected chi connectivity index (χ2v) is 6.04. The van der Waals surface area contributed by atoms with E-state index >= 15 is 0 Å². The van der Waals surface area contributed by atoms with Crippen LogP contribution in [0.1, 0.15) is 18.1 Å². The van der Waals surface area contributed by atoms with Crippen LogP contribution in [-0.4, -0.2) is 26.9 Å².